The van der Waals surface area contributed by atoms with Crippen LogP contribution in [0.3, 0.4) is 0 Å². The summed E-state index contributed by atoms with van der Waals surface area (Å²) in [4.78, 5) is 15.5. The Morgan fingerprint density at radius 3 is 2.48 bits per heavy atom. The van der Waals surface area contributed by atoms with Crippen LogP contribution in [0, 0.1) is 0 Å². The molecule has 0 saturated heterocycles. The Bertz CT molecular complexity index is 461. The van der Waals surface area contributed by atoms with Crippen LogP contribution in [-0.4, -0.2) is 31.6 Å². The molecule has 1 aromatic rings. The molecule has 0 bridgehead atoms. The highest BCUT2D eigenvalue weighted by atomic mass is 127. The molecule has 118 valence electrons. The smallest absolute Gasteiger partial charge is 0.222 e. The van der Waals surface area contributed by atoms with Crippen molar-refractivity contribution in [2.75, 3.05) is 19.0 Å². The van der Waals surface area contributed by atoms with Crippen LogP contribution in [-0.2, 0) is 4.79 Å². The molecular formula is C14H23IN4O2. The van der Waals surface area contributed by atoms with Gasteiger partial charge in [-0.05, 0) is 38.1 Å². The second-order valence-electron chi connectivity index (χ2n) is 4.59. The first-order chi connectivity index (χ1) is 9.51. The fourth-order valence-corrected chi connectivity index (χ4v) is 1.53. The molecule has 0 aliphatic carbocycles. The number of halogens is 1. The lowest BCUT2D eigenvalue weighted by molar-refractivity contribution is -0.121. The topological polar surface area (TPSA) is 88.7 Å². The number of ether oxygens (including phenoxy) is 1. The van der Waals surface area contributed by atoms with E-state index in [1.807, 2.05) is 38.1 Å². The molecule has 0 aromatic heterocycles. The minimum absolute atomic E-state index is 0. The van der Waals surface area contributed by atoms with Crippen molar-refractivity contribution in [2.24, 2.45) is 10.7 Å². The summed E-state index contributed by atoms with van der Waals surface area (Å²) in [5, 5.41) is 5.74. The van der Waals surface area contributed by atoms with Gasteiger partial charge in [-0.1, -0.05) is 0 Å². The molecule has 0 fully saturated rings. The van der Waals surface area contributed by atoms with E-state index in [1.54, 1.807) is 7.11 Å². The lowest BCUT2D eigenvalue weighted by Gasteiger charge is -2.08. The van der Waals surface area contributed by atoms with E-state index in [9.17, 15) is 4.79 Å². The summed E-state index contributed by atoms with van der Waals surface area (Å²) < 4.78 is 5.06. The molecule has 0 saturated carbocycles. The van der Waals surface area contributed by atoms with Crippen molar-refractivity contribution < 1.29 is 9.53 Å². The van der Waals surface area contributed by atoms with Gasteiger partial charge in [0.25, 0.3) is 0 Å². The molecular weight excluding hydrogens is 383 g/mol. The third-order valence-corrected chi connectivity index (χ3v) is 2.43. The van der Waals surface area contributed by atoms with E-state index >= 15 is 0 Å². The summed E-state index contributed by atoms with van der Waals surface area (Å²) in [6, 6.07) is 7.47. The number of methoxy groups -OCH3 is 1. The van der Waals surface area contributed by atoms with Crippen molar-refractivity contribution in [2.45, 2.75) is 26.3 Å². The van der Waals surface area contributed by atoms with Crippen molar-refractivity contribution in [1.82, 2.24) is 5.32 Å². The molecule has 0 aliphatic rings. The second-order valence-corrected chi connectivity index (χ2v) is 4.59. The number of nitrogens with zero attached hydrogens (tertiary/aromatic N) is 1. The highest BCUT2D eigenvalue weighted by Crippen LogP contribution is 2.14. The zero-order valence-electron chi connectivity index (χ0n) is 12.6. The summed E-state index contributed by atoms with van der Waals surface area (Å²) in [6.45, 7) is 4.19. The normalized spacial score (nSPS) is 10.8. The molecule has 1 amide bonds. The molecule has 0 aliphatic heterocycles. The monoisotopic (exact) mass is 406 g/mol. The highest BCUT2D eigenvalue weighted by molar-refractivity contribution is 14.0. The first-order valence-corrected chi connectivity index (χ1v) is 6.51. The highest BCUT2D eigenvalue weighted by Gasteiger charge is 2.02. The Hall–Kier alpha value is -1.51. The predicted molar refractivity (Wildman–Crippen MR) is 96.4 cm³/mol. The number of anilines is 1. The number of hydrogen-bond donors (Lipinski definition) is 3. The predicted octanol–water partition coefficient (Wildman–Crippen LogP) is 1.95. The number of carbonyl (C=O) groups is 1. The van der Waals surface area contributed by atoms with Gasteiger partial charge in [-0.15, -0.1) is 24.0 Å². The SMILES string of the molecule is COc1ccc(NC(N)=NCCC(=O)NC(C)C)cc1.I. The largest absolute Gasteiger partial charge is 0.497 e. The van der Waals surface area contributed by atoms with E-state index in [4.69, 9.17) is 10.5 Å². The van der Waals surface area contributed by atoms with E-state index in [1.165, 1.54) is 0 Å². The molecule has 0 heterocycles. The first kappa shape index (κ1) is 19.5. The Labute approximate surface area is 142 Å². The molecule has 1 rings (SSSR count). The zero-order valence-corrected chi connectivity index (χ0v) is 14.9. The fraction of sp³-hybridized carbons (Fsp3) is 0.429. The molecule has 0 unspecified atom stereocenters. The number of nitrogens with one attached hydrogen (secondary N) is 2. The Morgan fingerprint density at radius 1 is 1.33 bits per heavy atom. The van der Waals surface area contributed by atoms with Crippen molar-refractivity contribution in [3.05, 3.63) is 24.3 Å². The van der Waals surface area contributed by atoms with Gasteiger partial charge >= 0.3 is 0 Å². The summed E-state index contributed by atoms with van der Waals surface area (Å²) >= 11 is 0. The van der Waals surface area contributed by atoms with E-state index in [2.05, 4.69) is 15.6 Å². The number of nitrogens with two attached hydrogens (primary N) is 1. The number of benzene rings is 1. The zero-order chi connectivity index (χ0) is 15.0. The van der Waals surface area contributed by atoms with Gasteiger partial charge in [0.1, 0.15) is 5.75 Å². The Morgan fingerprint density at radius 2 is 1.95 bits per heavy atom. The van der Waals surface area contributed by atoms with Crippen LogP contribution in [0.25, 0.3) is 0 Å². The van der Waals surface area contributed by atoms with Crippen LogP contribution in [0.4, 0.5) is 5.69 Å². The van der Waals surface area contributed by atoms with Gasteiger partial charge < -0.3 is 21.1 Å². The average molecular weight is 406 g/mol. The maximum Gasteiger partial charge on any atom is 0.222 e. The van der Waals surface area contributed by atoms with Crippen LogP contribution in [0.5, 0.6) is 5.75 Å². The van der Waals surface area contributed by atoms with Gasteiger partial charge in [-0.2, -0.15) is 0 Å². The van der Waals surface area contributed by atoms with Crippen LogP contribution in [0.15, 0.2) is 29.3 Å². The van der Waals surface area contributed by atoms with E-state index in [0.717, 1.165) is 11.4 Å². The van der Waals surface area contributed by atoms with E-state index in [-0.39, 0.29) is 41.9 Å². The summed E-state index contributed by atoms with van der Waals surface area (Å²) in [5.41, 5.74) is 6.56. The number of hydrogen-bond acceptors (Lipinski definition) is 3. The van der Waals surface area contributed by atoms with Crippen LogP contribution in [0.1, 0.15) is 20.3 Å². The Balaban J connectivity index is 0.00000400. The standard InChI is InChI=1S/C14H22N4O2.HI/c1-10(2)17-13(19)8-9-16-14(15)18-11-4-6-12(20-3)7-5-11;/h4-7,10H,8-9H2,1-3H3,(H,17,19)(H3,15,16,18);1H. The van der Waals surface area contributed by atoms with Crippen molar-refractivity contribution in [3.8, 4) is 5.75 Å². The lowest BCUT2D eigenvalue weighted by Crippen LogP contribution is -2.30. The molecule has 6 nitrogen and oxygen atoms in total. The van der Waals surface area contributed by atoms with Crippen molar-refractivity contribution in [1.29, 1.82) is 0 Å². The van der Waals surface area contributed by atoms with Gasteiger partial charge in [-0.3, -0.25) is 9.79 Å². The van der Waals surface area contributed by atoms with Crippen LogP contribution >= 0.6 is 24.0 Å². The molecule has 4 N–H and O–H groups in total. The summed E-state index contributed by atoms with van der Waals surface area (Å²) in [6.07, 6.45) is 0.323. The lowest BCUT2D eigenvalue weighted by atomic mass is 10.3. The molecule has 21 heavy (non-hydrogen) atoms. The number of aliphatic imine (C=N–C) groups is 1. The number of guanidine groups is 1. The van der Waals surface area contributed by atoms with Gasteiger partial charge in [0.15, 0.2) is 5.96 Å². The molecule has 0 radical (unpaired) electrons. The minimum Gasteiger partial charge on any atom is -0.497 e. The minimum atomic E-state index is -0.0269. The molecule has 0 atom stereocenters. The number of rotatable bonds is 6. The quantitative estimate of drug-likeness (QED) is 0.383. The second kappa shape index (κ2) is 10.3. The van der Waals surface area contributed by atoms with Crippen molar-refractivity contribution in [3.63, 3.8) is 0 Å². The van der Waals surface area contributed by atoms with E-state index < -0.39 is 0 Å². The molecule has 0 spiro atoms. The van der Waals surface area contributed by atoms with Crippen LogP contribution < -0.4 is 21.1 Å². The Kier molecular flexibility index (Phi) is 9.51. The van der Waals surface area contributed by atoms with Gasteiger partial charge in [0.2, 0.25) is 5.91 Å². The third kappa shape index (κ3) is 8.38. The van der Waals surface area contributed by atoms with Crippen LogP contribution in [0.2, 0.25) is 0 Å². The maximum atomic E-state index is 11.4. The van der Waals surface area contributed by atoms with Gasteiger partial charge in [0, 0.05) is 18.2 Å². The summed E-state index contributed by atoms with van der Waals surface area (Å²) in [7, 11) is 1.61. The van der Waals surface area contributed by atoms with Gasteiger partial charge in [-0.25, -0.2) is 0 Å². The van der Waals surface area contributed by atoms with Crippen molar-refractivity contribution >= 4 is 41.5 Å². The molecule has 1 aromatic carbocycles. The third-order valence-electron chi connectivity index (χ3n) is 2.43. The van der Waals surface area contributed by atoms with E-state index in [0.29, 0.717) is 13.0 Å². The fourth-order valence-electron chi connectivity index (χ4n) is 1.53. The maximum absolute atomic E-state index is 11.4. The average Bonchev–Trinajstić information content (AvgIpc) is 2.38. The summed E-state index contributed by atoms with van der Waals surface area (Å²) in [5.74, 6) is 1.03. The number of amides is 1. The number of carbonyl (C=O) groups excluding carboxylic acids is 1. The first-order valence-electron chi connectivity index (χ1n) is 6.51. The van der Waals surface area contributed by atoms with Gasteiger partial charge in [0.05, 0.1) is 13.7 Å². The molecule has 7 heteroatoms.